The minimum Gasteiger partial charge on any atom is -0.733 e. The number of hydrogen-bond acceptors (Lipinski definition) is 5. The van der Waals surface area contributed by atoms with Gasteiger partial charge in [0.2, 0.25) is 0 Å². The van der Waals surface area contributed by atoms with Gasteiger partial charge in [0.05, 0.1) is 11.3 Å². The maximum absolute atomic E-state index is 15.1. The number of aromatic hydroxyl groups is 1. The molecule has 2 N–H and O–H groups in total. The van der Waals surface area contributed by atoms with Gasteiger partial charge in [-0.05, 0) is 47.9 Å². The molecule has 0 unspecified atom stereocenters. The molecule has 0 radical (unpaired) electrons. The Bertz CT molecular complexity index is 984. The molecule has 0 aliphatic heterocycles. The predicted octanol–water partition coefficient (Wildman–Crippen LogP) is 4.69. The van der Waals surface area contributed by atoms with Crippen LogP contribution in [0.15, 0.2) is 60.7 Å². The van der Waals surface area contributed by atoms with Crippen molar-refractivity contribution in [2.45, 2.75) is 13.3 Å². The highest BCUT2D eigenvalue weighted by Crippen LogP contribution is 2.35. The van der Waals surface area contributed by atoms with Gasteiger partial charge in [0.25, 0.3) is 0 Å². The summed E-state index contributed by atoms with van der Waals surface area (Å²) in [5.74, 6) is -0.939. The van der Waals surface area contributed by atoms with E-state index < -0.39 is 5.82 Å². The Labute approximate surface area is 155 Å². The van der Waals surface area contributed by atoms with E-state index in [4.69, 9.17) is 5.21 Å². The molecule has 0 spiro atoms. The van der Waals surface area contributed by atoms with Gasteiger partial charge in [0.1, 0.15) is 11.6 Å². The smallest absolute Gasteiger partial charge is 0.159 e. The van der Waals surface area contributed by atoms with Crippen LogP contribution in [-0.2, 0) is 6.42 Å². The fraction of sp³-hybridized carbons (Fsp3) is 0.0952. The predicted molar refractivity (Wildman–Crippen MR) is 100 cm³/mol. The van der Waals surface area contributed by atoms with Crippen molar-refractivity contribution in [3.63, 3.8) is 0 Å². The lowest BCUT2D eigenvalue weighted by atomic mass is 9.95. The molecule has 0 saturated heterocycles. The van der Waals surface area contributed by atoms with Crippen molar-refractivity contribution in [3.8, 4) is 16.9 Å². The van der Waals surface area contributed by atoms with Crippen LogP contribution in [0.3, 0.4) is 0 Å². The molecular formula is C21H17FNO4-. The molecule has 3 rings (SSSR count). The molecular weight excluding hydrogens is 349 g/mol. The standard InChI is InChI=1S/C21H17FNO4/c1-13(24)15-3-2-4-16(12-15)20-19(25)10-7-17(21(20)22)11-14-5-8-18(9-6-14)23(26)27/h2-10,12,25-26H,11H2,1H3/q-1. The third-order valence-corrected chi connectivity index (χ3v) is 4.31. The van der Waals surface area contributed by atoms with Crippen LogP contribution in [0.5, 0.6) is 5.75 Å². The van der Waals surface area contributed by atoms with Crippen LogP contribution in [0.4, 0.5) is 10.1 Å². The Kier molecular flexibility index (Phi) is 5.21. The van der Waals surface area contributed by atoms with E-state index in [1.165, 1.54) is 31.2 Å². The third kappa shape index (κ3) is 3.97. The summed E-state index contributed by atoms with van der Waals surface area (Å²) < 4.78 is 15.1. The molecule has 27 heavy (non-hydrogen) atoms. The van der Waals surface area contributed by atoms with E-state index in [2.05, 4.69) is 0 Å². The molecule has 0 heterocycles. The first kappa shape index (κ1) is 18.6. The normalized spacial score (nSPS) is 10.7. The second-order valence-corrected chi connectivity index (χ2v) is 6.19. The van der Waals surface area contributed by atoms with Gasteiger partial charge >= 0.3 is 0 Å². The molecule has 3 aromatic rings. The summed E-state index contributed by atoms with van der Waals surface area (Å²) >= 11 is 0. The van der Waals surface area contributed by atoms with E-state index in [-0.39, 0.29) is 34.4 Å². The van der Waals surface area contributed by atoms with Gasteiger partial charge in [-0.1, -0.05) is 36.4 Å². The van der Waals surface area contributed by atoms with E-state index in [9.17, 15) is 15.1 Å². The van der Waals surface area contributed by atoms with Crippen LogP contribution < -0.4 is 5.23 Å². The van der Waals surface area contributed by atoms with Crippen molar-refractivity contribution < 1.29 is 19.5 Å². The molecule has 6 heteroatoms. The monoisotopic (exact) mass is 366 g/mol. The number of hydrogen-bond donors (Lipinski definition) is 2. The van der Waals surface area contributed by atoms with E-state index in [1.807, 2.05) is 0 Å². The minimum atomic E-state index is -0.576. The maximum atomic E-state index is 15.1. The average molecular weight is 366 g/mol. The molecule has 138 valence electrons. The zero-order valence-electron chi connectivity index (χ0n) is 14.5. The minimum absolute atomic E-state index is 0.0355. The van der Waals surface area contributed by atoms with E-state index in [1.54, 1.807) is 36.4 Å². The summed E-state index contributed by atoms with van der Waals surface area (Å²) in [5.41, 5.74) is 2.04. The molecule has 3 aromatic carbocycles. The summed E-state index contributed by atoms with van der Waals surface area (Å²) in [6.45, 7) is 1.42. The summed E-state index contributed by atoms with van der Waals surface area (Å²) in [7, 11) is 0. The number of carbonyl (C=O) groups is 1. The molecule has 0 saturated carbocycles. The maximum Gasteiger partial charge on any atom is 0.159 e. The van der Waals surface area contributed by atoms with Crippen LogP contribution in [0.25, 0.3) is 11.1 Å². The zero-order valence-corrected chi connectivity index (χ0v) is 14.5. The first-order chi connectivity index (χ1) is 12.9. The average Bonchev–Trinajstić information content (AvgIpc) is 2.65. The quantitative estimate of drug-likeness (QED) is 0.506. The molecule has 0 fully saturated rings. The van der Waals surface area contributed by atoms with Gasteiger partial charge in [-0.2, -0.15) is 0 Å². The summed E-state index contributed by atoms with van der Waals surface area (Å²) in [5, 5.41) is 29.6. The number of nitrogens with zero attached hydrogens (tertiary/aromatic N) is 1. The highest BCUT2D eigenvalue weighted by Gasteiger charge is 2.16. The van der Waals surface area contributed by atoms with Crippen molar-refractivity contribution in [2.75, 3.05) is 5.23 Å². The van der Waals surface area contributed by atoms with Crippen LogP contribution in [0, 0.1) is 11.0 Å². The van der Waals surface area contributed by atoms with Gasteiger partial charge in [-0.3, -0.25) is 10.0 Å². The van der Waals surface area contributed by atoms with Crippen LogP contribution in [0.1, 0.15) is 28.4 Å². The van der Waals surface area contributed by atoms with Crippen molar-refractivity contribution in [1.82, 2.24) is 0 Å². The summed E-state index contributed by atoms with van der Waals surface area (Å²) in [4.78, 5) is 11.6. The number of benzene rings is 3. The number of phenols is 1. The second-order valence-electron chi connectivity index (χ2n) is 6.19. The van der Waals surface area contributed by atoms with Crippen LogP contribution in [0.2, 0.25) is 0 Å². The fourth-order valence-corrected chi connectivity index (χ4v) is 2.88. The summed E-state index contributed by atoms with van der Waals surface area (Å²) in [6, 6.07) is 15.4. The van der Waals surface area contributed by atoms with Crippen molar-refractivity contribution >= 4 is 11.5 Å². The lowest BCUT2D eigenvalue weighted by molar-refractivity contribution is 0.101. The number of rotatable bonds is 5. The van der Waals surface area contributed by atoms with Crippen LogP contribution in [-0.4, -0.2) is 16.1 Å². The van der Waals surface area contributed by atoms with E-state index in [0.29, 0.717) is 16.7 Å². The summed E-state index contributed by atoms with van der Waals surface area (Å²) in [6.07, 6.45) is 0.232. The first-order valence-electron chi connectivity index (χ1n) is 8.23. The Balaban J connectivity index is 1.98. The number of carbonyl (C=O) groups excluding carboxylic acids is 1. The number of halogens is 1. The lowest BCUT2D eigenvalue weighted by Crippen LogP contribution is -2.06. The molecule has 0 atom stereocenters. The Morgan fingerprint density at radius 1 is 1.11 bits per heavy atom. The highest BCUT2D eigenvalue weighted by molar-refractivity contribution is 5.95. The van der Waals surface area contributed by atoms with Crippen molar-refractivity contribution in [2.24, 2.45) is 0 Å². The molecule has 0 aromatic heterocycles. The molecule has 0 aliphatic rings. The number of anilines is 1. The highest BCUT2D eigenvalue weighted by atomic mass is 19.1. The Hall–Kier alpha value is -3.22. The number of ketones is 1. The Morgan fingerprint density at radius 2 is 1.81 bits per heavy atom. The first-order valence-corrected chi connectivity index (χ1v) is 8.23. The fourth-order valence-electron chi connectivity index (χ4n) is 2.88. The second kappa shape index (κ2) is 7.57. The lowest BCUT2D eigenvalue weighted by Gasteiger charge is -2.21. The van der Waals surface area contributed by atoms with Crippen molar-refractivity contribution in [1.29, 1.82) is 0 Å². The molecule has 0 aliphatic carbocycles. The largest absolute Gasteiger partial charge is 0.733 e. The van der Waals surface area contributed by atoms with Gasteiger partial charge in [-0.15, -0.1) is 0 Å². The van der Waals surface area contributed by atoms with Gasteiger partial charge in [0, 0.05) is 12.0 Å². The van der Waals surface area contributed by atoms with Gasteiger partial charge in [-0.25, -0.2) is 4.39 Å². The molecule has 0 bridgehead atoms. The van der Waals surface area contributed by atoms with E-state index in [0.717, 1.165) is 5.56 Å². The molecule has 5 nitrogen and oxygen atoms in total. The third-order valence-electron chi connectivity index (χ3n) is 4.31. The van der Waals surface area contributed by atoms with E-state index >= 15 is 4.39 Å². The number of Topliss-reactive ketones (excluding diaryl/α,β-unsaturated/α-hetero) is 1. The van der Waals surface area contributed by atoms with Gasteiger partial charge < -0.3 is 15.5 Å². The van der Waals surface area contributed by atoms with Gasteiger partial charge in [0.15, 0.2) is 5.78 Å². The number of phenolic OH excluding ortho intramolecular Hbond substituents is 1. The zero-order chi connectivity index (χ0) is 19.6. The topological polar surface area (TPSA) is 83.8 Å². The molecule has 0 amide bonds. The SMILES string of the molecule is CC(=O)c1cccc(-c2c(O)ccc(Cc3ccc(N([O-])O)cc3)c2F)c1. The van der Waals surface area contributed by atoms with Crippen molar-refractivity contribution in [3.05, 3.63) is 88.4 Å². The van der Waals surface area contributed by atoms with Crippen LogP contribution >= 0.6 is 0 Å². The Morgan fingerprint density at radius 3 is 2.44 bits per heavy atom.